The van der Waals surface area contributed by atoms with Gasteiger partial charge >= 0.3 is 0 Å². The summed E-state index contributed by atoms with van der Waals surface area (Å²) >= 11 is 0. The van der Waals surface area contributed by atoms with Gasteiger partial charge in [0.1, 0.15) is 13.6 Å². The first-order valence-electron chi connectivity index (χ1n) is 15.6. The Morgan fingerprint density at radius 1 is 0.486 bits per heavy atom. The molecule has 220 valence electrons. The normalized spacial score (nSPS) is 13.7. The van der Waals surface area contributed by atoms with Gasteiger partial charge in [-0.25, -0.2) is 0 Å². The Morgan fingerprint density at radius 2 is 0.865 bits per heavy atom. The molecule has 2 atom stereocenters. The molecule has 0 aromatic heterocycles. The molecule has 2 N–H and O–H groups in total. The number of hydrogen-bond donors (Lipinski definition) is 2. The fourth-order valence-corrected chi connectivity index (χ4v) is 4.43. The number of allylic oxidation sites excluding steroid dienone is 2. The summed E-state index contributed by atoms with van der Waals surface area (Å²) in [5, 5.41) is 17.9. The van der Waals surface area contributed by atoms with Gasteiger partial charge in [0.25, 0.3) is 0 Å². The third kappa shape index (κ3) is 28.1. The van der Waals surface area contributed by atoms with Crippen LogP contribution < -0.4 is 0 Å². The zero-order valence-electron chi connectivity index (χ0n) is 24.6. The van der Waals surface area contributed by atoms with E-state index in [9.17, 15) is 0 Å². The van der Waals surface area contributed by atoms with Gasteiger partial charge in [-0.2, -0.15) is 0 Å². The average Bonchev–Trinajstić information content (AvgIpc) is 2.91. The van der Waals surface area contributed by atoms with Crippen molar-refractivity contribution in [2.45, 2.75) is 154 Å². The molecule has 0 fully saturated rings. The lowest BCUT2D eigenvalue weighted by atomic mass is 10.0. The van der Waals surface area contributed by atoms with Crippen LogP contribution in [0.4, 0.5) is 0 Å². The molecule has 0 radical (unpaired) electrons. The van der Waals surface area contributed by atoms with Crippen LogP contribution in [0, 0.1) is 0 Å². The SMILES string of the molecule is CCCCCCCCC(CC/C=C/CCO)OCOCOC(CC/C=C/CCO)CCCCCCCC. The average molecular weight is 527 g/mol. The Kier molecular flexibility index (Phi) is 30.9. The lowest BCUT2D eigenvalue weighted by Gasteiger charge is -2.20. The van der Waals surface area contributed by atoms with Gasteiger partial charge in [0.15, 0.2) is 0 Å². The molecule has 0 aromatic carbocycles. The number of unbranched alkanes of at least 4 members (excludes halogenated alkanes) is 10. The molecule has 0 aromatic rings. The van der Waals surface area contributed by atoms with Gasteiger partial charge in [-0.3, -0.25) is 0 Å². The lowest BCUT2D eigenvalue weighted by Crippen LogP contribution is -2.19. The smallest absolute Gasteiger partial charge is 0.149 e. The van der Waals surface area contributed by atoms with Gasteiger partial charge < -0.3 is 24.4 Å². The third-order valence-corrected chi connectivity index (χ3v) is 6.77. The Morgan fingerprint density at radius 3 is 1.27 bits per heavy atom. The predicted octanol–water partition coefficient (Wildman–Crippen LogP) is 8.63. The Labute approximate surface area is 230 Å². The van der Waals surface area contributed by atoms with E-state index in [0.717, 1.165) is 51.4 Å². The minimum atomic E-state index is 0.209. The number of hydrogen-bond acceptors (Lipinski definition) is 5. The third-order valence-electron chi connectivity index (χ3n) is 6.77. The first kappa shape index (κ1) is 36.3. The fourth-order valence-electron chi connectivity index (χ4n) is 4.43. The highest BCUT2D eigenvalue weighted by atomic mass is 16.7. The lowest BCUT2D eigenvalue weighted by molar-refractivity contribution is -0.167. The first-order chi connectivity index (χ1) is 18.3. The maximum absolute atomic E-state index is 8.94. The van der Waals surface area contributed by atoms with Crippen molar-refractivity contribution in [3.63, 3.8) is 0 Å². The molecule has 0 aliphatic carbocycles. The summed E-state index contributed by atoms with van der Waals surface area (Å²) in [7, 11) is 0. The second-order valence-corrected chi connectivity index (χ2v) is 10.3. The molecule has 0 rings (SSSR count). The molecule has 0 aliphatic heterocycles. The molecular weight excluding hydrogens is 464 g/mol. The van der Waals surface area contributed by atoms with Crippen LogP contribution in [0.1, 0.15) is 142 Å². The van der Waals surface area contributed by atoms with Crippen LogP contribution in [0.2, 0.25) is 0 Å². The molecule has 5 heteroatoms. The number of ether oxygens (including phenoxy) is 3. The summed E-state index contributed by atoms with van der Waals surface area (Å²) in [6.07, 6.45) is 31.8. The molecule has 0 bridgehead atoms. The van der Waals surface area contributed by atoms with Gasteiger partial charge in [-0.15, -0.1) is 0 Å². The quantitative estimate of drug-likeness (QED) is 0.0557. The van der Waals surface area contributed by atoms with Crippen LogP contribution in [-0.4, -0.2) is 49.2 Å². The zero-order chi connectivity index (χ0) is 27.1. The Balaban J connectivity index is 4.33. The molecule has 0 saturated carbocycles. The first-order valence-corrected chi connectivity index (χ1v) is 15.6. The van der Waals surface area contributed by atoms with Crippen molar-refractivity contribution in [2.75, 3.05) is 26.8 Å². The van der Waals surface area contributed by atoms with Crippen molar-refractivity contribution in [2.24, 2.45) is 0 Å². The van der Waals surface area contributed by atoms with Crippen LogP contribution in [0.15, 0.2) is 24.3 Å². The van der Waals surface area contributed by atoms with Gasteiger partial charge in [0, 0.05) is 13.2 Å². The van der Waals surface area contributed by atoms with E-state index in [4.69, 9.17) is 24.4 Å². The maximum Gasteiger partial charge on any atom is 0.149 e. The Bertz CT molecular complexity index is 438. The number of aliphatic hydroxyl groups is 2. The topological polar surface area (TPSA) is 68.2 Å². The minimum Gasteiger partial charge on any atom is -0.396 e. The molecule has 0 spiro atoms. The summed E-state index contributed by atoms with van der Waals surface area (Å²) in [4.78, 5) is 0. The molecule has 37 heavy (non-hydrogen) atoms. The standard InChI is InChI=1S/C32H62O5/c1-3-5-7-9-11-17-23-31(25-19-13-15-21-27-33)36-29-35-30-37-32(26-20-14-16-22-28-34)24-18-12-10-8-6-4-2/h13-16,31-34H,3-12,17-30H2,1-2H3/b15-13+,16-14+. The van der Waals surface area contributed by atoms with E-state index in [1.807, 2.05) is 0 Å². The molecule has 0 saturated heterocycles. The second-order valence-electron chi connectivity index (χ2n) is 10.3. The van der Waals surface area contributed by atoms with E-state index in [0.29, 0.717) is 0 Å². The van der Waals surface area contributed by atoms with Crippen molar-refractivity contribution in [1.82, 2.24) is 0 Å². The van der Waals surface area contributed by atoms with E-state index in [-0.39, 0.29) is 39.0 Å². The molecule has 2 unspecified atom stereocenters. The minimum absolute atomic E-state index is 0.209. The van der Waals surface area contributed by atoms with Crippen molar-refractivity contribution in [3.05, 3.63) is 24.3 Å². The number of rotatable bonds is 30. The monoisotopic (exact) mass is 526 g/mol. The van der Waals surface area contributed by atoms with Crippen LogP contribution in [-0.2, 0) is 14.2 Å². The summed E-state index contributed by atoms with van der Waals surface area (Å²) < 4.78 is 18.0. The number of aliphatic hydroxyl groups excluding tert-OH is 2. The maximum atomic E-state index is 8.94. The summed E-state index contributed by atoms with van der Waals surface area (Å²) in [6.45, 7) is 5.49. The second kappa shape index (κ2) is 31.5. The summed E-state index contributed by atoms with van der Waals surface area (Å²) in [5.74, 6) is 0. The largest absolute Gasteiger partial charge is 0.396 e. The predicted molar refractivity (Wildman–Crippen MR) is 157 cm³/mol. The summed E-state index contributed by atoms with van der Waals surface area (Å²) in [5.41, 5.74) is 0. The molecular formula is C32H62O5. The fraction of sp³-hybridized carbons (Fsp3) is 0.875. The van der Waals surface area contributed by atoms with Gasteiger partial charge in [0.2, 0.25) is 0 Å². The van der Waals surface area contributed by atoms with Crippen molar-refractivity contribution >= 4 is 0 Å². The van der Waals surface area contributed by atoms with E-state index in [1.165, 1.54) is 77.0 Å². The molecule has 0 aliphatic rings. The van der Waals surface area contributed by atoms with Crippen molar-refractivity contribution in [1.29, 1.82) is 0 Å². The van der Waals surface area contributed by atoms with E-state index in [1.54, 1.807) is 0 Å². The molecule has 0 heterocycles. The highest BCUT2D eigenvalue weighted by Crippen LogP contribution is 2.17. The van der Waals surface area contributed by atoms with Crippen LogP contribution in [0.25, 0.3) is 0 Å². The van der Waals surface area contributed by atoms with E-state index < -0.39 is 0 Å². The van der Waals surface area contributed by atoms with Gasteiger partial charge in [-0.05, 0) is 51.4 Å². The van der Waals surface area contributed by atoms with Crippen LogP contribution >= 0.6 is 0 Å². The van der Waals surface area contributed by atoms with E-state index in [2.05, 4.69) is 38.2 Å². The zero-order valence-corrected chi connectivity index (χ0v) is 24.6. The van der Waals surface area contributed by atoms with E-state index >= 15 is 0 Å². The molecule has 5 nitrogen and oxygen atoms in total. The Hall–Kier alpha value is -0.720. The van der Waals surface area contributed by atoms with Crippen LogP contribution in [0.5, 0.6) is 0 Å². The van der Waals surface area contributed by atoms with Crippen molar-refractivity contribution in [3.8, 4) is 0 Å². The highest BCUT2D eigenvalue weighted by molar-refractivity contribution is 4.83. The van der Waals surface area contributed by atoms with Crippen molar-refractivity contribution < 1.29 is 24.4 Å². The van der Waals surface area contributed by atoms with Gasteiger partial charge in [-0.1, -0.05) is 115 Å². The summed E-state index contributed by atoms with van der Waals surface area (Å²) in [6, 6.07) is 0. The highest BCUT2D eigenvalue weighted by Gasteiger charge is 2.11. The van der Waals surface area contributed by atoms with Crippen LogP contribution in [0.3, 0.4) is 0 Å². The van der Waals surface area contributed by atoms with Gasteiger partial charge in [0.05, 0.1) is 12.2 Å². The molecule has 0 amide bonds.